The molecule has 1 heteroatoms. The van der Waals surface area contributed by atoms with E-state index in [1.54, 1.807) is 0 Å². The van der Waals surface area contributed by atoms with Gasteiger partial charge in [0.15, 0.2) is 0 Å². The van der Waals surface area contributed by atoms with Gasteiger partial charge in [0.25, 0.3) is 0 Å². The minimum atomic E-state index is 0.596. The zero-order valence-corrected chi connectivity index (χ0v) is 11.0. The fourth-order valence-corrected chi connectivity index (χ4v) is 3.18. The third kappa shape index (κ3) is 2.96. The van der Waals surface area contributed by atoms with E-state index >= 15 is 0 Å². The average molecular weight is 212 g/mol. The van der Waals surface area contributed by atoms with Crippen molar-refractivity contribution in [2.45, 2.75) is 71.8 Å². The Hall–Kier alpha value is -0.0400. The molecule has 0 N–H and O–H groups in total. The minimum Gasteiger partial charge on any atom is -0.381 e. The molecular weight excluding hydrogens is 184 g/mol. The average Bonchev–Trinajstić information content (AvgIpc) is 2.28. The summed E-state index contributed by atoms with van der Waals surface area (Å²) >= 11 is 0. The van der Waals surface area contributed by atoms with E-state index in [2.05, 4.69) is 6.92 Å². The number of ether oxygens (including phenoxy) is 1. The van der Waals surface area contributed by atoms with Gasteiger partial charge in [0.05, 0.1) is 6.10 Å². The first kappa shape index (κ1) is 13.0. The highest BCUT2D eigenvalue weighted by atomic mass is 16.5. The maximum Gasteiger partial charge on any atom is 0.0582 e. The van der Waals surface area contributed by atoms with Gasteiger partial charge in [0.2, 0.25) is 0 Å². The fraction of sp³-hybridized carbons (Fsp3) is 1.00. The monoisotopic (exact) mass is 212 g/mol. The highest BCUT2D eigenvalue weighted by Crippen LogP contribution is 2.53. The van der Waals surface area contributed by atoms with Gasteiger partial charge >= 0.3 is 0 Å². The summed E-state index contributed by atoms with van der Waals surface area (Å²) in [7, 11) is 1.86. The Kier molecular flexibility index (Phi) is 5.11. The molecule has 0 amide bonds. The van der Waals surface area contributed by atoms with Crippen LogP contribution in [0, 0.1) is 11.3 Å². The molecule has 0 bridgehead atoms. The van der Waals surface area contributed by atoms with Crippen molar-refractivity contribution >= 4 is 0 Å². The first-order valence-corrected chi connectivity index (χ1v) is 6.81. The van der Waals surface area contributed by atoms with Crippen molar-refractivity contribution in [1.29, 1.82) is 0 Å². The first-order chi connectivity index (χ1) is 7.28. The Morgan fingerprint density at radius 1 is 1.13 bits per heavy atom. The first-order valence-electron chi connectivity index (χ1n) is 6.81. The van der Waals surface area contributed by atoms with Crippen LogP contribution in [0.3, 0.4) is 0 Å². The van der Waals surface area contributed by atoms with Crippen molar-refractivity contribution in [3.8, 4) is 0 Å². The van der Waals surface area contributed by atoms with E-state index in [1.807, 2.05) is 21.0 Å². The van der Waals surface area contributed by atoms with Crippen LogP contribution in [-0.2, 0) is 4.74 Å². The maximum atomic E-state index is 5.37. The SMILES string of the molecule is CC.CCC1CCC2(CC1)CC(OC)C2. The van der Waals surface area contributed by atoms with E-state index in [9.17, 15) is 0 Å². The molecule has 1 spiro atoms. The summed E-state index contributed by atoms with van der Waals surface area (Å²) in [6.07, 6.45) is 10.6. The lowest BCUT2D eigenvalue weighted by molar-refractivity contribution is -0.0832. The molecule has 0 radical (unpaired) electrons. The summed E-state index contributed by atoms with van der Waals surface area (Å²) < 4.78 is 5.37. The van der Waals surface area contributed by atoms with E-state index in [1.165, 1.54) is 44.9 Å². The molecule has 0 aromatic heterocycles. The van der Waals surface area contributed by atoms with Gasteiger partial charge < -0.3 is 4.74 Å². The lowest BCUT2D eigenvalue weighted by atomic mass is 9.57. The van der Waals surface area contributed by atoms with Gasteiger partial charge in [0, 0.05) is 7.11 Å². The third-order valence-electron chi connectivity index (χ3n) is 4.40. The van der Waals surface area contributed by atoms with Gasteiger partial charge in [-0.25, -0.2) is 0 Å². The molecule has 0 aromatic carbocycles. The molecule has 2 fully saturated rings. The maximum absolute atomic E-state index is 5.37. The lowest BCUT2D eigenvalue weighted by Gasteiger charge is -2.51. The van der Waals surface area contributed by atoms with E-state index in [0.717, 1.165) is 11.3 Å². The molecule has 2 aliphatic carbocycles. The molecule has 15 heavy (non-hydrogen) atoms. The number of rotatable bonds is 2. The fourth-order valence-electron chi connectivity index (χ4n) is 3.18. The summed E-state index contributed by atoms with van der Waals surface area (Å²) in [5.74, 6) is 1.03. The van der Waals surface area contributed by atoms with Gasteiger partial charge in [-0.1, -0.05) is 27.2 Å². The number of methoxy groups -OCH3 is 1. The van der Waals surface area contributed by atoms with Crippen LogP contribution in [0.5, 0.6) is 0 Å². The Balaban J connectivity index is 0.000000531. The molecule has 2 saturated carbocycles. The zero-order chi connectivity index (χ0) is 11.3. The van der Waals surface area contributed by atoms with Crippen LogP contribution in [0.15, 0.2) is 0 Å². The highest BCUT2D eigenvalue weighted by molar-refractivity contribution is 4.97. The Bertz CT molecular complexity index is 160. The quantitative estimate of drug-likeness (QED) is 0.659. The van der Waals surface area contributed by atoms with Crippen molar-refractivity contribution in [1.82, 2.24) is 0 Å². The van der Waals surface area contributed by atoms with Gasteiger partial charge in [-0.3, -0.25) is 0 Å². The second-order valence-corrected chi connectivity index (χ2v) is 5.12. The Morgan fingerprint density at radius 2 is 1.67 bits per heavy atom. The third-order valence-corrected chi connectivity index (χ3v) is 4.40. The van der Waals surface area contributed by atoms with Crippen molar-refractivity contribution in [3.05, 3.63) is 0 Å². The summed E-state index contributed by atoms with van der Waals surface area (Å²) in [5, 5.41) is 0. The van der Waals surface area contributed by atoms with E-state index in [0.29, 0.717) is 6.10 Å². The molecule has 1 nitrogen and oxygen atoms in total. The molecule has 0 aliphatic heterocycles. The summed E-state index contributed by atoms with van der Waals surface area (Å²) in [6.45, 7) is 6.33. The van der Waals surface area contributed by atoms with E-state index in [4.69, 9.17) is 4.74 Å². The van der Waals surface area contributed by atoms with Crippen LogP contribution >= 0.6 is 0 Å². The van der Waals surface area contributed by atoms with Crippen LogP contribution in [0.2, 0.25) is 0 Å². The molecule has 2 rings (SSSR count). The largest absolute Gasteiger partial charge is 0.381 e. The van der Waals surface area contributed by atoms with Crippen LogP contribution in [0.4, 0.5) is 0 Å². The van der Waals surface area contributed by atoms with Crippen molar-refractivity contribution < 1.29 is 4.74 Å². The Morgan fingerprint density at radius 3 is 2.07 bits per heavy atom. The van der Waals surface area contributed by atoms with Crippen molar-refractivity contribution in [2.24, 2.45) is 11.3 Å². The molecule has 0 aromatic rings. The summed E-state index contributed by atoms with van der Waals surface area (Å²) in [4.78, 5) is 0. The molecule has 0 atom stereocenters. The minimum absolute atomic E-state index is 0.596. The molecule has 0 saturated heterocycles. The normalized spacial score (nSPS) is 39.2. The van der Waals surface area contributed by atoms with Crippen molar-refractivity contribution in [3.63, 3.8) is 0 Å². The smallest absolute Gasteiger partial charge is 0.0582 e. The predicted octanol–water partition coefficient (Wildman–Crippen LogP) is 4.41. The summed E-state index contributed by atoms with van der Waals surface area (Å²) in [6, 6.07) is 0. The molecule has 0 heterocycles. The van der Waals surface area contributed by atoms with Gasteiger partial charge in [-0.05, 0) is 49.9 Å². The molecule has 0 unspecified atom stereocenters. The van der Waals surface area contributed by atoms with E-state index in [-0.39, 0.29) is 0 Å². The second kappa shape index (κ2) is 5.89. The van der Waals surface area contributed by atoms with Gasteiger partial charge in [-0.15, -0.1) is 0 Å². The van der Waals surface area contributed by atoms with Crippen LogP contribution in [0.1, 0.15) is 65.7 Å². The van der Waals surface area contributed by atoms with Crippen LogP contribution in [0.25, 0.3) is 0 Å². The lowest BCUT2D eigenvalue weighted by Crippen LogP contribution is -2.44. The van der Waals surface area contributed by atoms with E-state index < -0.39 is 0 Å². The second-order valence-electron chi connectivity index (χ2n) is 5.12. The predicted molar refractivity (Wildman–Crippen MR) is 66.1 cm³/mol. The Labute approximate surface area is 95.6 Å². The van der Waals surface area contributed by atoms with Gasteiger partial charge in [0.1, 0.15) is 0 Å². The molecular formula is C14H28O. The van der Waals surface area contributed by atoms with Crippen LogP contribution < -0.4 is 0 Å². The standard InChI is InChI=1S/C12H22O.C2H6/c1-3-10-4-6-12(7-5-10)8-11(9-12)13-2;1-2/h10-11H,3-9H2,1-2H3;1-2H3. The number of hydrogen-bond donors (Lipinski definition) is 0. The topological polar surface area (TPSA) is 9.23 Å². The summed E-state index contributed by atoms with van der Waals surface area (Å²) in [5.41, 5.74) is 0.729. The highest BCUT2D eigenvalue weighted by Gasteiger charge is 2.45. The van der Waals surface area contributed by atoms with Crippen LogP contribution in [-0.4, -0.2) is 13.2 Å². The molecule has 90 valence electrons. The van der Waals surface area contributed by atoms with Crippen molar-refractivity contribution in [2.75, 3.05) is 7.11 Å². The van der Waals surface area contributed by atoms with Gasteiger partial charge in [-0.2, -0.15) is 0 Å². The molecule has 2 aliphatic rings. The zero-order valence-electron chi connectivity index (χ0n) is 11.0. The number of hydrogen-bond acceptors (Lipinski definition) is 1.